The summed E-state index contributed by atoms with van der Waals surface area (Å²) in [5.74, 6) is 0.393. The standard InChI is InChI=1S/C12H15NO4/c1-3-10(14)6-4-9-5-7-12(17-2)11(8-9)13(15)16/h5,7-8H,3-4,6H2,1-2H3. The summed E-state index contributed by atoms with van der Waals surface area (Å²) in [4.78, 5) is 21.5. The predicted molar refractivity (Wildman–Crippen MR) is 63.3 cm³/mol. The van der Waals surface area contributed by atoms with Gasteiger partial charge in [0.25, 0.3) is 0 Å². The summed E-state index contributed by atoms with van der Waals surface area (Å²) < 4.78 is 4.90. The highest BCUT2D eigenvalue weighted by molar-refractivity contribution is 5.78. The van der Waals surface area contributed by atoms with E-state index in [0.29, 0.717) is 19.3 Å². The molecule has 0 aliphatic rings. The van der Waals surface area contributed by atoms with E-state index in [-0.39, 0.29) is 17.2 Å². The van der Waals surface area contributed by atoms with Crippen molar-refractivity contribution in [2.75, 3.05) is 7.11 Å². The maximum absolute atomic E-state index is 11.2. The zero-order chi connectivity index (χ0) is 12.8. The molecule has 0 unspecified atom stereocenters. The molecule has 1 rings (SSSR count). The number of hydrogen-bond donors (Lipinski definition) is 0. The van der Waals surface area contributed by atoms with Gasteiger partial charge in [-0.15, -0.1) is 0 Å². The van der Waals surface area contributed by atoms with E-state index in [1.807, 2.05) is 0 Å². The fraction of sp³-hybridized carbons (Fsp3) is 0.417. The van der Waals surface area contributed by atoms with Gasteiger partial charge < -0.3 is 4.74 Å². The molecule has 0 N–H and O–H groups in total. The first-order valence-corrected chi connectivity index (χ1v) is 5.41. The Balaban J connectivity index is 2.85. The largest absolute Gasteiger partial charge is 0.490 e. The Kier molecular flexibility index (Phi) is 4.63. The molecule has 0 saturated carbocycles. The topological polar surface area (TPSA) is 69.4 Å². The molecule has 0 atom stereocenters. The molecule has 0 amide bonds. The summed E-state index contributed by atoms with van der Waals surface area (Å²) in [7, 11) is 1.39. The van der Waals surface area contributed by atoms with E-state index in [4.69, 9.17) is 4.74 Å². The number of ether oxygens (including phenoxy) is 1. The number of hydrogen-bond acceptors (Lipinski definition) is 4. The Morgan fingerprint density at radius 3 is 2.71 bits per heavy atom. The summed E-state index contributed by atoms with van der Waals surface area (Å²) in [6.07, 6.45) is 1.44. The Morgan fingerprint density at radius 2 is 2.18 bits per heavy atom. The number of Topliss-reactive ketones (excluding diaryl/α,β-unsaturated/α-hetero) is 1. The van der Waals surface area contributed by atoms with Gasteiger partial charge in [0.2, 0.25) is 0 Å². The second-order valence-corrected chi connectivity index (χ2v) is 3.66. The van der Waals surface area contributed by atoms with Crippen molar-refractivity contribution >= 4 is 11.5 Å². The summed E-state index contributed by atoms with van der Waals surface area (Å²) in [5.41, 5.74) is 0.716. The minimum atomic E-state index is -0.482. The van der Waals surface area contributed by atoms with E-state index in [0.717, 1.165) is 5.56 Å². The fourth-order valence-corrected chi connectivity index (χ4v) is 1.49. The van der Waals surface area contributed by atoms with Gasteiger partial charge in [-0.3, -0.25) is 14.9 Å². The number of nitro benzene ring substituents is 1. The van der Waals surface area contributed by atoms with Crippen molar-refractivity contribution in [3.05, 3.63) is 33.9 Å². The highest BCUT2D eigenvalue weighted by Gasteiger charge is 2.15. The zero-order valence-corrected chi connectivity index (χ0v) is 9.93. The highest BCUT2D eigenvalue weighted by Crippen LogP contribution is 2.27. The quantitative estimate of drug-likeness (QED) is 0.563. The molecule has 0 fully saturated rings. The zero-order valence-electron chi connectivity index (χ0n) is 9.93. The normalized spacial score (nSPS) is 10.0. The SMILES string of the molecule is CCC(=O)CCc1ccc(OC)c([N+](=O)[O-])c1. The number of benzene rings is 1. The lowest BCUT2D eigenvalue weighted by Crippen LogP contribution is -1.99. The number of rotatable bonds is 6. The number of aryl methyl sites for hydroxylation is 1. The number of carbonyl (C=O) groups excluding carboxylic acids is 1. The molecule has 1 aromatic rings. The maximum Gasteiger partial charge on any atom is 0.311 e. The Labute approximate surface area is 99.5 Å². The van der Waals surface area contributed by atoms with Crippen molar-refractivity contribution in [2.24, 2.45) is 0 Å². The molecule has 0 aliphatic carbocycles. The minimum Gasteiger partial charge on any atom is -0.490 e. The van der Waals surface area contributed by atoms with Gasteiger partial charge >= 0.3 is 5.69 Å². The van der Waals surface area contributed by atoms with Crippen LogP contribution in [0.1, 0.15) is 25.3 Å². The Morgan fingerprint density at radius 1 is 1.47 bits per heavy atom. The van der Waals surface area contributed by atoms with E-state index >= 15 is 0 Å². The van der Waals surface area contributed by atoms with Crippen LogP contribution in [0.3, 0.4) is 0 Å². The van der Waals surface area contributed by atoms with Crippen molar-refractivity contribution < 1.29 is 14.5 Å². The van der Waals surface area contributed by atoms with E-state index in [1.165, 1.54) is 13.2 Å². The van der Waals surface area contributed by atoms with Gasteiger partial charge in [-0.1, -0.05) is 13.0 Å². The van der Waals surface area contributed by atoms with Crippen LogP contribution in [0.15, 0.2) is 18.2 Å². The first kappa shape index (κ1) is 13.2. The molecule has 92 valence electrons. The number of carbonyl (C=O) groups is 1. The molecule has 0 aromatic heterocycles. The number of methoxy groups -OCH3 is 1. The highest BCUT2D eigenvalue weighted by atomic mass is 16.6. The fourth-order valence-electron chi connectivity index (χ4n) is 1.49. The second kappa shape index (κ2) is 5.98. The lowest BCUT2D eigenvalue weighted by Gasteiger charge is -2.04. The monoisotopic (exact) mass is 237 g/mol. The van der Waals surface area contributed by atoms with Crippen LogP contribution in [0.4, 0.5) is 5.69 Å². The summed E-state index contributed by atoms with van der Waals surface area (Å²) >= 11 is 0. The third kappa shape index (κ3) is 3.55. The minimum absolute atomic E-state index is 0.0612. The number of nitro groups is 1. The van der Waals surface area contributed by atoms with Gasteiger partial charge in [0, 0.05) is 18.9 Å². The average molecular weight is 237 g/mol. The molecule has 1 aromatic carbocycles. The van der Waals surface area contributed by atoms with Crippen molar-refractivity contribution in [1.82, 2.24) is 0 Å². The third-order valence-electron chi connectivity index (χ3n) is 2.53. The van der Waals surface area contributed by atoms with Gasteiger partial charge in [-0.05, 0) is 18.1 Å². The van der Waals surface area contributed by atoms with E-state index in [9.17, 15) is 14.9 Å². The summed E-state index contributed by atoms with van der Waals surface area (Å²) in [6, 6.07) is 4.76. The van der Waals surface area contributed by atoms with Crippen LogP contribution >= 0.6 is 0 Å². The van der Waals surface area contributed by atoms with Crippen molar-refractivity contribution in [3.8, 4) is 5.75 Å². The molecule has 0 spiro atoms. The van der Waals surface area contributed by atoms with Crippen LogP contribution in [0, 0.1) is 10.1 Å². The third-order valence-corrected chi connectivity index (χ3v) is 2.53. The van der Waals surface area contributed by atoms with Crippen LogP contribution < -0.4 is 4.74 Å². The van der Waals surface area contributed by atoms with E-state index < -0.39 is 4.92 Å². The van der Waals surface area contributed by atoms with Crippen LogP contribution in [0.5, 0.6) is 5.75 Å². The first-order chi connectivity index (χ1) is 8.08. The maximum atomic E-state index is 11.2. The van der Waals surface area contributed by atoms with Gasteiger partial charge in [-0.2, -0.15) is 0 Å². The van der Waals surface area contributed by atoms with Crippen molar-refractivity contribution in [2.45, 2.75) is 26.2 Å². The van der Waals surface area contributed by atoms with Gasteiger partial charge in [0.15, 0.2) is 5.75 Å². The van der Waals surface area contributed by atoms with Crippen LogP contribution in [0.25, 0.3) is 0 Å². The smallest absolute Gasteiger partial charge is 0.311 e. The first-order valence-electron chi connectivity index (χ1n) is 5.41. The number of ketones is 1. The molecule has 17 heavy (non-hydrogen) atoms. The lowest BCUT2D eigenvalue weighted by molar-refractivity contribution is -0.385. The summed E-state index contributed by atoms with van der Waals surface area (Å²) in [5, 5.41) is 10.8. The molecule has 0 aliphatic heterocycles. The van der Waals surface area contributed by atoms with E-state index in [2.05, 4.69) is 0 Å². The molecule has 0 saturated heterocycles. The summed E-state index contributed by atoms with van der Waals surface area (Å²) in [6.45, 7) is 1.80. The molecule has 5 heteroatoms. The van der Waals surface area contributed by atoms with Gasteiger partial charge in [0.05, 0.1) is 12.0 Å². The van der Waals surface area contributed by atoms with Crippen molar-refractivity contribution in [3.63, 3.8) is 0 Å². The lowest BCUT2D eigenvalue weighted by atomic mass is 10.1. The average Bonchev–Trinajstić information content (AvgIpc) is 2.35. The van der Waals surface area contributed by atoms with Crippen LogP contribution in [-0.2, 0) is 11.2 Å². The molecule has 5 nitrogen and oxygen atoms in total. The molecule has 0 bridgehead atoms. The van der Waals surface area contributed by atoms with E-state index in [1.54, 1.807) is 19.1 Å². The Hall–Kier alpha value is -1.91. The predicted octanol–water partition coefficient (Wildman–Crippen LogP) is 2.52. The molecular weight excluding hydrogens is 222 g/mol. The number of nitrogens with zero attached hydrogens (tertiary/aromatic N) is 1. The molecular formula is C12H15NO4. The molecule has 0 heterocycles. The van der Waals surface area contributed by atoms with Gasteiger partial charge in [-0.25, -0.2) is 0 Å². The van der Waals surface area contributed by atoms with Crippen LogP contribution in [0.2, 0.25) is 0 Å². The van der Waals surface area contributed by atoms with Crippen molar-refractivity contribution in [1.29, 1.82) is 0 Å². The van der Waals surface area contributed by atoms with Gasteiger partial charge in [0.1, 0.15) is 5.78 Å². The van der Waals surface area contributed by atoms with Crippen LogP contribution in [-0.4, -0.2) is 17.8 Å². The second-order valence-electron chi connectivity index (χ2n) is 3.66. The molecule has 0 radical (unpaired) electrons. The Bertz CT molecular complexity index is 429.